The first kappa shape index (κ1) is 22.0. The summed E-state index contributed by atoms with van der Waals surface area (Å²) in [5.74, 6) is -0.385. The highest BCUT2D eigenvalue weighted by molar-refractivity contribution is 5.87. The predicted octanol–water partition coefficient (Wildman–Crippen LogP) is 1.67. The van der Waals surface area contributed by atoms with Gasteiger partial charge in [0.05, 0.1) is 26.4 Å². The van der Waals surface area contributed by atoms with Crippen molar-refractivity contribution in [1.82, 2.24) is 4.90 Å². The summed E-state index contributed by atoms with van der Waals surface area (Å²) in [7, 11) is 0. The zero-order valence-corrected chi connectivity index (χ0v) is 13.9. The van der Waals surface area contributed by atoms with Gasteiger partial charge in [0.15, 0.2) is 5.78 Å². The minimum atomic E-state index is -0.186. The van der Waals surface area contributed by atoms with Crippen LogP contribution in [0.2, 0.25) is 0 Å². The van der Waals surface area contributed by atoms with Crippen LogP contribution < -0.4 is 0 Å². The van der Waals surface area contributed by atoms with Gasteiger partial charge in [-0.3, -0.25) is 19.3 Å². The van der Waals surface area contributed by atoms with E-state index in [2.05, 4.69) is 0 Å². The molecule has 0 aliphatic carbocycles. The number of hydrogen-bond donors (Lipinski definition) is 0. The number of Topliss-reactive ketones (excluding diaryl/α,β-unsaturated/α-hetero) is 1. The van der Waals surface area contributed by atoms with Crippen molar-refractivity contribution in [2.24, 2.45) is 5.92 Å². The summed E-state index contributed by atoms with van der Waals surface area (Å²) in [6.45, 7) is 10.4. The Hall–Kier alpha value is -1.27. The molecule has 1 atom stereocenters. The zero-order valence-electron chi connectivity index (χ0n) is 13.9. The van der Waals surface area contributed by atoms with E-state index in [0.717, 1.165) is 4.90 Å². The topological polar surface area (TPSA) is 72.9 Å². The number of nitrogens with zero attached hydrogens (tertiary/aromatic N) is 1. The Kier molecular flexibility index (Phi) is 15.9. The third kappa shape index (κ3) is 12.2. The lowest BCUT2D eigenvalue weighted by Crippen LogP contribution is -2.36. The fourth-order valence-corrected chi connectivity index (χ4v) is 1.27. The molecule has 0 rings (SSSR count). The zero-order chi connectivity index (χ0) is 16.7. The Balaban J connectivity index is 0. The van der Waals surface area contributed by atoms with E-state index >= 15 is 0 Å². The van der Waals surface area contributed by atoms with Gasteiger partial charge in [0.1, 0.15) is 6.61 Å². The standard InChI is InChI=1S/C13H23NO5.C2H6/c1-4-11(2)13(17)14(10-15)5-6-18-7-8-19-9-12(3)16;1-2/h10-11H,4-9H2,1-3H3;1-2H3. The quantitative estimate of drug-likeness (QED) is 0.429. The lowest BCUT2D eigenvalue weighted by atomic mass is 10.1. The SMILES string of the molecule is CC.CCC(C)C(=O)N(C=O)CCOCCOCC(C)=O. The molecule has 0 N–H and O–H groups in total. The average Bonchev–Trinajstić information content (AvgIpc) is 2.50. The summed E-state index contributed by atoms with van der Waals surface area (Å²) >= 11 is 0. The lowest BCUT2D eigenvalue weighted by Gasteiger charge is -2.18. The molecular formula is C15H29NO5. The Bertz CT molecular complexity index is 294. The first-order valence-corrected chi connectivity index (χ1v) is 7.43. The summed E-state index contributed by atoms with van der Waals surface area (Å²) in [5.41, 5.74) is 0. The molecule has 0 fully saturated rings. The number of imide groups is 1. The summed E-state index contributed by atoms with van der Waals surface area (Å²) in [4.78, 5) is 34.2. The number of ether oxygens (including phenoxy) is 2. The Labute approximate surface area is 127 Å². The molecule has 0 aromatic rings. The summed E-state index contributed by atoms with van der Waals surface area (Å²) < 4.78 is 10.2. The van der Waals surface area contributed by atoms with Gasteiger partial charge in [0, 0.05) is 5.92 Å². The normalized spacial score (nSPS) is 11.1. The molecule has 0 saturated carbocycles. The maximum Gasteiger partial charge on any atom is 0.231 e. The minimum Gasteiger partial charge on any atom is -0.377 e. The third-order valence-electron chi connectivity index (χ3n) is 2.60. The van der Waals surface area contributed by atoms with Crippen LogP contribution in [0.4, 0.5) is 0 Å². The Morgan fingerprint density at radius 3 is 2.19 bits per heavy atom. The summed E-state index contributed by atoms with van der Waals surface area (Å²) in [6, 6.07) is 0. The van der Waals surface area contributed by atoms with Crippen LogP contribution in [-0.2, 0) is 23.9 Å². The highest BCUT2D eigenvalue weighted by atomic mass is 16.5. The lowest BCUT2D eigenvalue weighted by molar-refractivity contribution is -0.142. The van der Waals surface area contributed by atoms with Crippen molar-refractivity contribution in [1.29, 1.82) is 0 Å². The molecule has 0 radical (unpaired) electrons. The summed E-state index contributed by atoms with van der Waals surface area (Å²) in [5, 5.41) is 0. The van der Waals surface area contributed by atoms with Crippen LogP contribution in [-0.4, -0.2) is 56.0 Å². The average molecular weight is 303 g/mol. The maximum atomic E-state index is 11.7. The smallest absolute Gasteiger partial charge is 0.231 e. The van der Waals surface area contributed by atoms with E-state index in [-0.39, 0.29) is 37.4 Å². The van der Waals surface area contributed by atoms with Crippen LogP contribution in [0.1, 0.15) is 41.0 Å². The predicted molar refractivity (Wildman–Crippen MR) is 80.9 cm³/mol. The van der Waals surface area contributed by atoms with Crippen LogP contribution in [0, 0.1) is 5.92 Å². The molecule has 6 nitrogen and oxygen atoms in total. The Morgan fingerprint density at radius 1 is 1.14 bits per heavy atom. The van der Waals surface area contributed by atoms with E-state index in [1.54, 1.807) is 6.92 Å². The van der Waals surface area contributed by atoms with Crippen LogP contribution in [0.5, 0.6) is 0 Å². The monoisotopic (exact) mass is 303 g/mol. The fourth-order valence-electron chi connectivity index (χ4n) is 1.27. The van der Waals surface area contributed by atoms with Crippen LogP contribution >= 0.6 is 0 Å². The van der Waals surface area contributed by atoms with E-state index in [0.29, 0.717) is 26.0 Å². The molecule has 0 aromatic heterocycles. The van der Waals surface area contributed by atoms with Crippen molar-refractivity contribution < 1.29 is 23.9 Å². The first-order valence-electron chi connectivity index (χ1n) is 7.43. The molecule has 0 heterocycles. The van der Waals surface area contributed by atoms with Crippen molar-refractivity contribution >= 4 is 18.1 Å². The van der Waals surface area contributed by atoms with Gasteiger partial charge in [0.25, 0.3) is 0 Å². The van der Waals surface area contributed by atoms with E-state index in [1.807, 2.05) is 20.8 Å². The Morgan fingerprint density at radius 2 is 1.71 bits per heavy atom. The third-order valence-corrected chi connectivity index (χ3v) is 2.60. The second-order valence-electron chi connectivity index (χ2n) is 4.31. The number of ketones is 1. The van der Waals surface area contributed by atoms with Gasteiger partial charge in [-0.2, -0.15) is 0 Å². The highest BCUT2D eigenvalue weighted by Gasteiger charge is 2.17. The van der Waals surface area contributed by atoms with E-state index in [4.69, 9.17) is 9.47 Å². The molecule has 21 heavy (non-hydrogen) atoms. The van der Waals surface area contributed by atoms with Gasteiger partial charge in [-0.25, -0.2) is 0 Å². The van der Waals surface area contributed by atoms with E-state index in [9.17, 15) is 14.4 Å². The largest absolute Gasteiger partial charge is 0.377 e. The van der Waals surface area contributed by atoms with Crippen LogP contribution in [0.25, 0.3) is 0 Å². The van der Waals surface area contributed by atoms with Crippen molar-refractivity contribution in [3.05, 3.63) is 0 Å². The second-order valence-corrected chi connectivity index (χ2v) is 4.31. The van der Waals surface area contributed by atoms with Gasteiger partial charge >= 0.3 is 0 Å². The van der Waals surface area contributed by atoms with E-state index in [1.165, 1.54) is 6.92 Å². The van der Waals surface area contributed by atoms with Crippen molar-refractivity contribution in [3.63, 3.8) is 0 Å². The van der Waals surface area contributed by atoms with Gasteiger partial charge in [0.2, 0.25) is 12.3 Å². The number of carbonyl (C=O) groups excluding carboxylic acids is 3. The maximum absolute atomic E-state index is 11.7. The summed E-state index contributed by atoms with van der Waals surface area (Å²) in [6.07, 6.45) is 1.23. The molecule has 0 aliphatic rings. The van der Waals surface area contributed by atoms with Gasteiger partial charge in [-0.05, 0) is 13.3 Å². The van der Waals surface area contributed by atoms with Gasteiger partial charge in [-0.15, -0.1) is 0 Å². The molecule has 6 heteroatoms. The molecule has 0 saturated heterocycles. The van der Waals surface area contributed by atoms with Crippen molar-refractivity contribution in [2.45, 2.75) is 41.0 Å². The number of rotatable bonds is 11. The van der Waals surface area contributed by atoms with E-state index < -0.39 is 0 Å². The molecule has 2 amide bonds. The second kappa shape index (κ2) is 15.1. The van der Waals surface area contributed by atoms with Gasteiger partial charge in [-0.1, -0.05) is 27.7 Å². The molecule has 0 bridgehead atoms. The van der Waals surface area contributed by atoms with Gasteiger partial charge < -0.3 is 9.47 Å². The molecule has 0 aliphatic heterocycles. The van der Waals surface area contributed by atoms with Crippen molar-refractivity contribution in [3.8, 4) is 0 Å². The number of carbonyl (C=O) groups is 3. The number of hydrogen-bond acceptors (Lipinski definition) is 5. The van der Waals surface area contributed by atoms with Crippen molar-refractivity contribution in [2.75, 3.05) is 33.0 Å². The molecule has 1 unspecified atom stereocenters. The molecule has 124 valence electrons. The molecule has 0 aromatic carbocycles. The fraction of sp³-hybridized carbons (Fsp3) is 0.800. The molecule has 0 spiro atoms. The first-order chi connectivity index (χ1) is 10.0. The van der Waals surface area contributed by atoms with Crippen LogP contribution in [0.15, 0.2) is 0 Å². The molecular weight excluding hydrogens is 274 g/mol. The highest BCUT2D eigenvalue weighted by Crippen LogP contribution is 2.04. The van der Waals surface area contributed by atoms with Crippen LogP contribution in [0.3, 0.4) is 0 Å². The minimum absolute atomic E-state index is 0.0359. The number of amides is 2.